The molecule has 0 aromatic carbocycles. The second kappa shape index (κ2) is 6.90. The molecule has 0 heteroatoms. The van der Waals surface area contributed by atoms with Crippen LogP contribution < -0.4 is 0 Å². The van der Waals surface area contributed by atoms with Gasteiger partial charge in [-0.05, 0) is 37.3 Å². The van der Waals surface area contributed by atoms with Crippen molar-refractivity contribution < 1.29 is 0 Å². The van der Waals surface area contributed by atoms with E-state index in [9.17, 15) is 0 Å². The predicted molar refractivity (Wildman–Crippen MR) is 77.9 cm³/mol. The first-order valence-corrected chi connectivity index (χ1v) is 6.20. The normalized spacial score (nSPS) is 25.8. The van der Waals surface area contributed by atoms with E-state index in [1.165, 1.54) is 16.7 Å². The molecule has 0 aliphatic heterocycles. The van der Waals surface area contributed by atoms with Gasteiger partial charge in [0, 0.05) is 0 Å². The molecular formula is C17H22. The van der Waals surface area contributed by atoms with Crippen molar-refractivity contribution in [2.75, 3.05) is 0 Å². The SMILES string of the molecule is C=C/C(=C\C1=C(/C)CC(=C)/C=C\C=C/C1)CC. The molecule has 90 valence electrons. The summed E-state index contributed by atoms with van der Waals surface area (Å²) in [6.07, 6.45) is 15.6. The molecule has 17 heavy (non-hydrogen) atoms. The van der Waals surface area contributed by atoms with E-state index in [4.69, 9.17) is 0 Å². The molecule has 1 aliphatic carbocycles. The van der Waals surface area contributed by atoms with Crippen LogP contribution in [0.4, 0.5) is 0 Å². The van der Waals surface area contributed by atoms with Gasteiger partial charge in [0.25, 0.3) is 0 Å². The Morgan fingerprint density at radius 1 is 1.41 bits per heavy atom. The topological polar surface area (TPSA) is 0 Å². The third-order valence-electron chi connectivity index (χ3n) is 2.99. The lowest BCUT2D eigenvalue weighted by atomic mass is 9.98. The molecular weight excluding hydrogens is 204 g/mol. The minimum atomic E-state index is 0.956. The monoisotopic (exact) mass is 226 g/mol. The highest BCUT2D eigenvalue weighted by atomic mass is 14.1. The van der Waals surface area contributed by atoms with Gasteiger partial charge in [-0.25, -0.2) is 0 Å². The third-order valence-corrected chi connectivity index (χ3v) is 2.99. The first-order chi connectivity index (χ1) is 8.17. The molecule has 1 aliphatic rings. The van der Waals surface area contributed by atoms with Crippen molar-refractivity contribution in [1.29, 1.82) is 0 Å². The van der Waals surface area contributed by atoms with Crippen molar-refractivity contribution >= 4 is 0 Å². The summed E-state index contributed by atoms with van der Waals surface area (Å²) < 4.78 is 0. The van der Waals surface area contributed by atoms with Gasteiger partial charge in [0.05, 0.1) is 0 Å². The van der Waals surface area contributed by atoms with Crippen molar-refractivity contribution in [2.24, 2.45) is 0 Å². The number of allylic oxidation sites excluding steroid dienone is 10. The fourth-order valence-corrected chi connectivity index (χ4v) is 1.86. The molecule has 0 N–H and O–H groups in total. The van der Waals surface area contributed by atoms with Gasteiger partial charge in [0.2, 0.25) is 0 Å². The Kier molecular flexibility index (Phi) is 5.48. The fourth-order valence-electron chi connectivity index (χ4n) is 1.86. The van der Waals surface area contributed by atoms with Gasteiger partial charge < -0.3 is 0 Å². The quantitative estimate of drug-likeness (QED) is 0.574. The molecule has 0 aromatic heterocycles. The second-order valence-electron chi connectivity index (χ2n) is 4.41. The maximum absolute atomic E-state index is 4.07. The molecule has 0 heterocycles. The summed E-state index contributed by atoms with van der Waals surface area (Å²) in [6, 6.07) is 0. The van der Waals surface area contributed by atoms with Crippen LogP contribution in [0, 0.1) is 0 Å². The molecule has 0 aromatic rings. The van der Waals surface area contributed by atoms with Gasteiger partial charge in [0.15, 0.2) is 0 Å². The van der Waals surface area contributed by atoms with E-state index in [-0.39, 0.29) is 0 Å². The van der Waals surface area contributed by atoms with Crippen LogP contribution in [-0.2, 0) is 0 Å². The van der Waals surface area contributed by atoms with Gasteiger partial charge in [0.1, 0.15) is 0 Å². The van der Waals surface area contributed by atoms with Crippen molar-refractivity contribution in [3.63, 3.8) is 0 Å². The van der Waals surface area contributed by atoms with E-state index in [0.717, 1.165) is 24.8 Å². The van der Waals surface area contributed by atoms with Gasteiger partial charge in [-0.15, -0.1) is 0 Å². The number of hydrogen-bond acceptors (Lipinski definition) is 0. The first kappa shape index (κ1) is 13.5. The summed E-state index contributed by atoms with van der Waals surface area (Å²) >= 11 is 0. The Balaban J connectivity index is 3.05. The van der Waals surface area contributed by atoms with Crippen LogP contribution in [-0.4, -0.2) is 0 Å². The van der Waals surface area contributed by atoms with E-state index in [2.05, 4.69) is 57.4 Å². The van der Waals surface area contributed by atoms with E-state index >= 15 is 0 Å². The zero-order valence-electron chi connectivity index (χ0n) is 11.0. The predicted octanol–water partition coefficient (Wildman–Crippen LogP) is 5.29. The molecule has 0 saturated carbocycles. The maximum Gasteiger partial charge on any atom is -0.00698 e. The van der Waals surface area contributed by atoms with Crippen LogP contribution in [0.1, 0.15) is 33.1 Å². The molecule has 0 amide bonds. The maximum atomic E-state index is 4.07. The Labute approximate surface area is 105 Å². The van der Waals surface area contributed by atoms with E-state index in [1.54, 1.807) is 0 Å². The largest absolute Gasteiger partial charge is 0.0988 e. The lowest BCUT2D eigenvalue weighted by Gasteiger charge is -2.08. The zero-order valence-corrected chi connectivity index (χ0v) is 11.0. The Morgan fingerprint density at radius 2 is 2.18 bits per heavy atom. The summed E-state index contributed by atoms with van der Waals surface area (Å²) in [5.74, 6) is 0. The molecule has 0 radical (unpaired) electrons. The molecule has 0 unspecified atom stereocenters. The van der Waals surface area contributed by atoms with Gasteiger partial charge in [-0.1, -0.05) is 67.7 Å². The number of hydrogen-bond donors (Lipinski definition) is 0. The summed E-state index contributed by atoms with van der Waals surface area (Å²) in [6.45, 7) is 12.3. The highest BCUT2D eigenvalue weighted by molar-refractivity contribution is 5.38. The molecule has 1 rings (SSSR count). The highest BCUT2D eigenvalue weighted by Gasteiger charge is 2.02. The molecule has 0 spiro atoms. The lowest BCUT2D eigenvalue weighted by Crippen LogP contribution is -1.88. The highest BCUT2D eigenvalue weighted by Crippen LogP contribution is 2.22. The molecule has 0 bridgehead atoms. The molecule has 0 atom stereocenters. The molecule has 0 nitrogen and oxygen atoms in total. The van der Waals surface area contributed by atoms with Crippen molar-refractivity contribution in [3.05, 3.63) is 71.9 Å². The summed E-state index contributed by atoms with van der Waals surface area (Å²) in [7, 11) is 0. The summed E-state index contributed by atoms with van der Waals surface area (Å²) in [5, 5.41) is 0. The summed E-state index contributed by atoms with van der Waals surface area (Å²) in [4.78, 5) is 0. The van der Waals surface area contributed by atoms with Crippen LogP contribution in [0.15, 0.2) is 71.9 Å². The standard InChI is InChI=1S/C17H22/c1-5-16(6-2)13-17-11-9-7-8-10-14(3)12-15(17)4/h5,7-10,13H,1,3,6,11-12H2,2,4H3/b9-7-,10-8-,16-13+,17-15+. The van der Waals surface area contributed by atoms with Gasteiger partial charge >= 0.3 is 0 Å². The van der Waals surface area contributed by atoms with Crippen LogP contribution in [0.25, 0.3) is 0 Å². The first-order valence-electron chi connectivity index (χ1n) is 6.20. The Bertz CT molecular complexity index is 411. The van der Waals surface area contributed by atoms with Crippen LogP contribution >= 0.6 is 0 Å². The average Bonchev–Trinajstić information content (AvgIpc) is 2.38. The van der Waals surface area contributed by atoms with E-state index in [1.807, 2.05) is 6.08 Å². The van der Waals surface area contributed by atoms with Gasteiger partial charge in [-0.3, -0.25) is 0 Å². The van der Waals surface area contributed by atoms with Crippen LogP contribution in [0.3, 0.4) is 0 Å². The van der Waals surface area contributed by atoms with Gasteiger partial charge in [-0.2, -0.15) is 0 Å². The fraction of sp³-hybridized carbons (Fsp3) is 0.294. The number of rotatable bonds is 3. The summed E-state index contributed by atoms with van der Waals surface area (Å²) in [5.41, 5.74) is 5.25. The van der Waals surface area contributed by atoms with E-state index < -0.39 is 0 Å². The Morgan fingerprint density at radius 3 is 2.82 bits per heavy atom. The second-order valence-corrected chi connectivity index (χ2v) is 4.41. The average molecular weight is 226 g/mol. The minimum Gasteiger partial charge on any atom is -0.0988 e. The van der Waals surface area contributed by atoms with Crippen molar-refractivity contribution in [2.45, 2.75) is 33.1 Å². The van der Waals surface area contributed by atoms with Crippen molar-refractivity contribution in [1.82, 2.24) is 0 Å². The molecule has 0 fully saturated rings. The van der Waals surface area contributed by atoms with E-state index in [0.29, 0.717) is 0 Å². The lowest BCUT2D eigenvalue weighted by molar-refractivity contribution is 1.07. The van der Waals surface area contributed by atoms with Crippen molar-refractivity contribution in [3.8, 4) is 0 Å². The Hall–Kier alpha value is -1.56. The zero-order chi connectivity index (χ0) is 12.7. The van der Waals surface area contributed by atoms with Crippen LogP contribution in [0.5, 0.6) is 0 Å². The van der Waals surface area contributed by atoms with Crippen LogP contribution in [0.2, 0.25) is 0 Å². The third kappa shape index (κ3) is 4.44. The molecule has 0 saturated heterocycles. The minimum absolute atomic E-state index is 0.956. The smallest absolute Gasteiger partial charge is 0.00698 e.